The van der Waals surface area contributed by atoms with Gasteiger partial charge in [0.25, 0.3) is 0 Å². The van der Waals surface area contributed by atoms with Gasteiger partial charge in [-0.1, -0.05) is 13.8 Å². The van der Waals surface area contributed by atoms with Gasteiger partial charge in [0.2, 0.25) is 0 Å². The van der Waals surface area contributed by atoms with Crippen LogP contribution >= 0.6 is 0 Å². The highest BCUT2D eigenvalue weighted by atomic mass is 16.3. The first-order valence-electron chi connectivity index (χ1n) is 5.40. The van der Waals surface area contributed by atoms with Crippen molar-refractivity contribution in [3.8, 4) is 0 Å². The van der Waals surface area contributed by atoms with Gasteiger partial charge in [0, 0.05) is 18.5 Å². The summed E-state index contributed by atoms with van der Waals surface area (Å²) in [6.07, 6.45) is 0.893. The number of hydrogen-bond acceptors (Lipinski definition) is 3. The minimum atomic E-state index is 0.117. The highest BCUT2D eigenvalue weighted by molar-refractivity contribution is 5.82. The van der Waals surface area contributed by atoms with Gasteiger partial charge in [-0.05, 0) is 20.3 Å². The van der Waals surface area contributed by atoms with E-state index in [2.05, 4.69) is 0 Å². The molecule has 0 aliphatic rings. The van der Waals surface area contributed by atoms with Gasteiger partial charge >= 0.3 is 0 Å². The average molecular weight is 201 g/mol. The number of ketones is 1. The highest BCUT2D eigenvalue weighted by Gasteiger charge is 2.16. The molecule has 0 saturated heterocycles. The molecule has 0 radical (unpaired) electrons. The van der Waals surface area contributed by atoms with Crippen LogP contribution in [0.1, 0.15) is 34.1 Å². The fraction of sp³-hybridized carbons (Fsp3) is 0.909. The smallest absolute Gasteiger partial charge is 0.149 e. The molecule has 84 valence electrons. The van der Waals surface area contributed by atoms with E-state index in [1.54, 1.807) is 0 Å². The van der Waals surface area contributed by atoms with Crippen molar-refractivity contribution < 1.29 is 9.90 Å². The van der Waals surface area contributed by atoms with Gasteiger partial charge in [-0.2, -0.15) is 0 Å². The average Bonchev–Trinajstić information content (AvgIpc) is 2.15. The van der Waals surface area contributed by atoms with Gasteiger partial charge in [0.15, 0.2) is 0 Å². The monoisotopic (exact) mass is 201 g/mol. The van der Waals surface area contributed by atoms with Crippen LogP contribution in [0, 0.1) is 5.92 Å². The van der Waals surface area contributed by atoms with Gasteiger partial charge in [0.1, 0.15) is 5.78 Å². The van der Waals surface area contributed by atoms with E-state index in [-0.39, 0.29) is 18.3 Å². The van der Waals surface area contributed by atoms with Crippen LogP contribution in [-0.4, -0.2) is 41.5 Å². The van der Waals surface area contributed by atoms with Crippen molar-refractivity contribution in [2.45, 2.75) is 40.2 Å². The molecule has 0 aliphatic heterocycles. The van der Waals surface area contributed by atoms with E-state index in [0.717, 1.165) is 6.42 Å². The lowest BCUT2D eigenvalue weighted by Crippen LogP contribution is -2.39. The van der Waals surface area contributed by atoms with E-state index in [9.17, 15) is 4.79 Å². The third-order valence-corrected chi connectivity index (χ3v) is 2.64. The van der Waals surface area contributed by atoms with Crippen molar-refractivity contribution in [1.29, 1.82) is 0 Å². The molecule has 0 amide bonds. The Labute approximate surface area is 87.1 Å². The van der Waals surface area contributed by atoms with Crippen LogP contribution in [0.5, 0.6) is 0 Å². The van der Waals surface area contributed by atoms with Crippen LogP contribution < -0.4 is 0 Å². The van der Waals surface area contributed by atoms with Crippen LogP contribution in [0.2, 0.25) is 0 Å². The first-order valence-corrected chi connectivity index (χ1v) is 5.40. The molecule has 3 heteroatoms. The summed E-state index contributed by atoms with van der Waals surface area (Å²) in [5.41, 5.74) is 0. The number of Topliss-reactive ketones (excluding diaryl/α,β-unsaturated/α-hetero) is 1. The largest absolute Gasteiger partial charge is 0.395 e. The molecule has 14 heavy (non-hydrogen) atoms. The maximum atomic E-state index is 11.6. The number of carbonyl (C=O) groups is 1. The van der Waals surface area contributed by atoms with E-state index in [1.165, 1.54) is 0 Å². The number of carbonyl (C=O) groups excluding carboxylic acids is 1. The number of aliphatic hydroxyl groups is 1. The van der Waals surface area contributed by atoms with Gasteiger partial charge < -0.3 is 5.11 Å². The van der Waals surface area contributed by atoms with E-state index in [0.29, 0.717) is 19.1 Å². The van der Waals surface area contributed by atoms with Crippen molar-refractivity contribution in [3.05, 3.63) is 0 Å². The summed E-state index contributed by atoms with van der Waals surface area (Å²) < 4.78 is 0. The minimum Gasteiger partial charge on any atom is -0.395 e. The molecule has 1 unspecified atom stereocenters. The standard InChI is InChI=1S/C11H23NO2/c1-5-10(4)11(14)8-12(6-7-13)9(2)3/h9-10,13H,5-8H2,1-4H3. The number of aliphatic hydroxyl groups excluding tert-OH is 1. The number of rotatable bonds is 7. The zero-order chi connectivity index (χ0) is 11.1. The predicted molar refractivity (Wildman–Crippen MR) is 58.3 cm³/mol. The summed E-state index contributed by atoms with van der Waals surface area (Å²) >= 11 is 0. The van der Waals surface area contributed by atoms with Crippen LogP contribution in [0.25, 0.3) is 0 Å². The first-order chi connectivity index (χ1) is 6.52. The molecule has 0 saturated carbocycles. The molecule has 1 N–H and O–H groups in total. The molecule has 0 heterocycles. The Bertz CT molecular complexity index is 169. The lowest BCUT2D eigenvalue weighted by molar-refractivity contribution is -0.124. The Balaban J connectivity index is 4.08. The molecule has 0 aromatic carbocycles. The Morgan fingerprint density at radius 3 is 2.29 bits per heavy atom. The summed E-state index contributed by atoms with van der Waals surface area (Å²) in [6.45, 7) is 9.23. The molecular formula is C11H23NO2. The van der Waals surface area contributed by atoms with Crippen molar-refractivity contribution >= 4 is 5.78 Å². The van der Waals surface area contributed by atoms with Gasteiger partial charge in [-0.25, -0.2) is 0 Å². The lowest BCUT2D eigenvalue weighted by atomic mass is 10.0. The maximum Gasteiger partial charge on any atom is 0.149 e. The number of hydrogen-bond donors (Lipinski definition) is 1. The quantitative estimate of drug-likeness (QED) is 0.675. The summed E-state index contributed by atoms with van der Waals surface area (Å²) in [6, 6.07) is 0.315. The predicted octanol–water partition coefficient (Wildman–Crippen LogP) is 1.30. The summed E-state index contributed by atoms with van der Waals surface area (Å²) in [7, 11) is 0. The Kier molecular flexibility index (Phi) is 6.75. The second-order valence-corrected chi connectivity index (χ2v) is 4.06. The summed E-state index contributed by atoms with van der Waals surface area (Å²) in [4.78, 5) is 13.6. The van der Waals surface area contributed by atoms with E-state index in [4.69, 9.17) is 5.11 Å². The van der Waals surface area contributed by atoms with Gasteiger partial charge in [-0.3, -0.25) is 9.69 Å². The van der Waals surface area contributed by atoms with Crippen LogP contribution in [-0.2, 0) is 4.79 Å². The second kappa shape index (κ2) is 6.96. The molecule has 0 aromatic rings. The molecule has 1 atom stereocenters. The Morgan fingerprint density at radius 1 is 1.36 bits per heavy atom. The topological polar surface area (TPSA) is 40.5 Å². The van der Waals surface area contributed by atoms with E-state index in [1.807, 2.05) is 32.6 Å². The Morgan fingerprint density at radius 2 is 1.93 bits per heavy atom. The van der Waals surface area contributed by atoms with Gasteiger partial charge in [0.05, 0.1) is 13.2 Å². The first kappa shape index (κ1) is 13.6. The van der Waals surface area contributed by atoms with Crippen LogP contribution in [0.4, 0.5) is 0 Å². The van der Waals surface area contributed by atoms with Crippen molar-refractivity contribution in [3.63, 3.8) is 0 Å². The molecule has 0 bridgehead atoms. The van der Waals surface area contributed by atoms with Crippen molar-refractivity contribution in [2.75, 3.05) is 19.7 Å². The molecule has 0 aliphatic carbocycles. The van der Waals surface area contributed by atoms with Crippen LogP contribution in [0.15, 0.2) is 0 Å². The lowest BCUT2D eigenvalue weighted by Gasteiger charge is -2.25. The third kappa shape index (κ3) is 4.72. The zero-order valence-electron chi connectivity index (χ0n) is 9.79. The van der Waals surface area contributed by atoms with Crippen LogP contribution in [0.3, 0.4) is 0 Å². The SMILES string of the molecule is CCC(C)C(=O)CN(CCO)C(C)C. The fourth-order valence-electron chi connectivity index (χ4n) is 1.23. The normalized spacial score (nSPS) is 13.6. The highest BCUT2D eigenvalue weighted by Crippen LogP contribution is 2.05. The molecular weight excluding hydrogens is 178 g/mol. The van der Waals surface area contributed by atoms with E-state index >= 15 is 0 Å². The zero-order valence-corrected chi connectivity index (χ0v) is 9.79. The van der Waals surface area contributed by atoms with E-state index < -0.39 is 0 Å². The second-order valence-electron chi connectivity index (χ2n) is 4.06. The van der Waals surface area contributed by atoms with Crippen molar-refractivity contribution in [2.24, 2.45) is 5.92 Å². The molecule has 0 fully saturated rings. The molecule has 0 rings (SSSR count). The maximum absolute atomic E-state index is 11.6. The van der Waals surface area contributed by atoms with Crippen molar-refractivity contribution in [1.82, 2.24) is 4.90 Å². The number of nitrogens with zero attached hydrogens (tertiary/aromatic N) is 1. The molecule has 3 nitrogen and oxygen atoms in total. The van der Waals surface area contributed by atoms with Gasteiger partial charge in [-0.15, -0.1) is 0 Å². The minimum absolute atomic E-state index is 0.117. The fourth-order valence-corrected chi connectivity index (χ4v) is 1.23. The third-order valence-electron chi connectivity index (χ3n) is 2.64. The molecule has 0 aromatic heterocycles. The summed E-state index contributed by atoms with van der Waals surface area (Å²) in [5, 5.41) is 8.84. The Hall–Kier alpha value is -0.410. The molecule has 0 spiro atoms. The summed E-state index contributed by atoms with van der Waals surface area (Å²) in [5.74, 6) is 0.407.